The van der Waals surface area contributed by atoms with Gasteiger partial charge in [0.2, 0.25) is 11.8 Å². The Hall–Kier alpha value is -3.44. The molecule has 11 heteroatoms. The Morgan fingerprint density at radius 2 is 1.79 bits per heavy atom. The minimum absolute atomic E-state index is 0.0829. The molecule has 0 saturated heterocycles. The first-order valence-electron chi connectivity index (χ1n) is 10.1. The number of carbonyl (C=O) groups excluding carboxylic acids is 2. The number of nitrogens with one attached hydrogen (secondary N) is 2. The predicted molar refractivity (Wildman–Crippen MR) is 123 cm³/mol. The number of aromatic nitrogens is 1. The number of hydrogen-bond acceptors (Lipinski definition) is 7. The van der Waals surface area contributed by atoms with E-state index in [1.165, 1.54) is 11.8 Å². The molecule has 1 aromatic carbocycles. The third-order valence-electron chi connectivity index (χ3n) is 4.53. The first-order valence-corrected chi connectivity index (χ1v) is 11.3. The van der Waals surface area contributed by atoms with E-state index in [2.05, 4.69) is 15.6 Å². The fourth-order valence-electron chi connectivity index (χ4n) is 2.75. The molecular formula is C22H26N4O6S. The monoisotopic (exact) mass is 474 g/mol. The fraction of sp³-hybridized carbons (Fsp3) is 0.318. The minimum atomic E-state index is -1.22. The number of nitrogens with two attached hydrogens (primary N) is 1. The lowest BCUT2D eigenvalue weighted by atomic mass is 10.1. The molecule has 0 aliphatic rings. The highest BCUT2D eigenvalue weighted by molar-refractivity contribution is 7.98. The predicted octanol–water partition coefficient (Wildman–Crippen LogP) is 0.860. The maximum Gasteiger partial charge on any atom is 0.322 e. The Labute approximate surface area is 195 Å². The standard InChI is InChI=1S/C22H26N4O6S/c23-16(22(31)32)8-9-19(27)26-18(21(30)25-11-20(28)29)13-33-12-14-4-6-15(7-5-14)17-3-1-2-10-24-17/h1-7,10,16,18H,8-9,11-13,23H2,(H,25,30)(H,26,27)(H,28,29)(H,31,32)/t16-,18-/m0/s1. The lowest BCUT2D eigenvalue weighted by Crippen LogP contribution is -2.49. The highest BCUT2D eigenvalue weighted by atomic mass is 32.2. The van der Waals surface area contributed by atoms with Gasteiger partial charge in [-0.3, -0.25) is 24.2 Å². The van der Waals surface area contributed by atoms with Gasteiger partial charge in [-0.25, -0.2) is 0 Å². The van der Waals surface area contributed by atoms with Gasteiger partial charge in [0.15, 0.2) is 0 Å². The van der Waals surface area contributed by atoms with Crippen LogP contribution in [0.3, 0.4) is 0 Å². The summed E-state index contributed by atoms with van der Waals surface area (Å²) in [5.74, 6) is -2.84. The van der Waals surface area contributed by atoms with Crippen molar-refractivity contribution in [2.24, 2.45) is 5.73 Å². The van der Waals surface area contributed by atoms with Crippen molar-refractivity contribution in [3.63, 3.8) is 0 Å². The second kappa shape index (κ2) is 13.2. The molecule has 0 fully saturated rings. The number of pyridine rings is 1. The third-order valence-corrected chi connectivity index (χ3v) is 5.64. The topological polar surface area (TPSA) is 172 Å². The van der Waals surface area contributed by atoms with Gasteiger partial charge >= 0.3 is 11.9 Å². The van der Waals surface area contributed by atoms with E-state index in [0.29, 0.717) is 5.75 Å². The van der Waals surface area contributed by atoms with Crippen LogP contribution in [0.4, 0.5) is 0 Å². The molecule has 10 nitrogen and oxygen atoms in total. The van der Waals surface area contributed by atoms with Crippen LogP contribution in [-0.4, -0.2) is 63.3 Å². The number of benzene rings is 1. The Balaban J connectivity index is 1.92. The smallest absolute Gasteiger partial charge is 0.322 e. The van der Waals surface area contributed by atoms with Crippen LogP contribution in [0.1, 0.15) is 18.4 Å². The lowest BCUT2D eigenvalue weighted by Gasteiger charge is -2.18. The average molecular weight is 475 g/mol. The zero-order chi connectivity index (χ0) is 24.2. The Morgan fingerprint density at radius 1 is 1.06 bits per heavy atom. The van der Waals surface area contributed by atoms with Crippen LogP contribution in [0.15, 0.2) is 48.7 Å². The average Bonchev–Trinajstić information content (AvgIpc) is 2.81. The van der Waals surface area contributed by atoms with Crippen molar-refractivity contribution in [2.75, 3.05) is 12.3 Å². The van der Waals surface area contributed by atoms with Crippen LogP contribution in [-0.2, 0) is 24.9 Å². The molecule has 6 N–H and O–H groups in total. The van der Waals surface area contributed by atoms with Crippen molar-refractivity contribution in [1.82, 2.24) is 15.6 Å². The highest BCUT2D eigenvalue weighted by Crippen LogP contribution is 2.20. The Bertz CT molecular complexity index is 955. The number of rotatable bonds is 13. The first-order chi connectivity index (χ1) is 15.8. The van der Waals surface area contributed by atoms with E-state index in [0.717, 1.165) is 16.8 Å². The molecule has 1 heterocycles. The Kier molecular flexibility index (Phi) is 10.3. The van der Waals surface area contributed by atoms with E-state index in [1.807, 2.05) is 42.5 Å². The third kappa shape index (κ3) is 9.29. The van der Waals surface area contributed by atoms with Gasteiger partial charge in [-0.15, -0.1) is 0 Å². The number of carboxylic acid groups (broad SMARTS) is 2. The molecule has 2 atom stereocenters. The van der Waals surface area contributed by atoms with Crippen molar-refractivity contribution in [2.45, 2.75) is 30.7 Å². The minimum Gasteiger partial charge on any atom is -0.480 e. The van der Waals surface area contributed by atoms with Gasteiger partial charge in [0, 0.05) is 29.7 Å². The van der Waals surface area contributed by atoms with E-state index in [4.69, 9.17) is 15.9 Å². The first kappa shape index (κ1) is 25.8. The summed E-state index contributed by atoms with van der Waals surface area (Å²) in [6.45, 7) is -0.575. The quantitative estimate of drug-likeness (QED) is 0.282. The maximum absolute atomic E-state index is 12.3. The molecule has 0 aliphatic heterocycles. The summed E-state index contributed by atoms with van der Waals surface area (Å²) in [6.07, 6.45) is 1.47. The Morgan fingerprint density at radius 3 is 2.39 bits per heavy atom. The van der Waals surface area contributed by atoms with Gasteiger partial charge in [0.1, 0.15) is 18.6 Å². The molecule has 0 bridgehead atoms. The van der Waals surface area contributed by atoms with E-state index in [-0.39, 0.29) is 18.6 Å². The van der Waals surface area contributed by atoms with Crippen molar-refractivity contribution < 1.29 is 29.4 Å². The van der Waals surface area contributed by atoms with Gasteiger partial charge < -0.3 is 26.6 Å². The summed E-state index contributed by atoms with van der Waals surface area (Å²) in [7, 11) is 0. The molecule has 0 saturated carbocycles. The van der Waals surface area contributed by atoms with E-state index >= 15 is 0 Å². The molecule has 0 unspecified atom stereocenters. The van der Waals surface area contributed by atoms with Gasteiger partial charge in [-0.1, -0.05) is 30.3 Å². The number of aliphatic carboxylic acids is 2. The molecule has 2 amide bonds. The molecule has 2 rings (SSSR count). The maximum atomic E-state index is 12.3. The van der Waals surface area contributed by atoms with Crippen molar-refractivity contribution >= 4 is 35.5 Å². The zero-order valence-electron chi connectivity index (χ0n) is 17.8. The number of hydrogen-bond donors (Lipinski definition) is 5. The lowest BCUT2D eigenvalue weighted by molar-refractivity contribution is -0.139. The number of nitrogens with zero attached hydrogens (tertiary/aromatic N) is 1. The molecule has 2 aromatic rings. The van der Waals surface area contributed by atoms with E-state index in [9.17, 15) is 19.2 Å². The molecule has 0 radical (unpaired) electrons. The number of thioether (sulfide) groups is 1. The molecule has 1 aromatic heterocycles. The second-order valence-electron chi connectivity index (χ2n) is 7.14. The SMILES string of the molecule is N[C@@H](CCC(=O)N[C@@H](CSCc1ccc(-c2ccccn2)cc1)C(=O)NCC(=O)O)C(=O)O. The molecule has 0 spiro atoms. The summed E-state index contributed by atoms with van der Waals surface area (Å²) in [6, 6.07) is 11.3. The van der Waals surface area contributed by atoms with Crippen LogP contribution in [0.2, 0.25) is 0 Å². The van der Waals surface area contributed by atoms with E-state index in [1.54, 1.807) is 6.20 Å². The largest absolute Gasteiger partial charge is 0.480 e. The molecule has 33 heavy (non-hydrogen) atoms. The number of carboxylic acids is 2. The number of amides is 2. The van der Waals surface area contributed by atoms with Crippen LogP contribution in [0, 0.1) is 0 Å². The second-order valence-corrected chi connectivity index (χ2v) is 8.17. The van der Waals surface area contributed by atoms with Gasteiger partial charge in [-0.05, 0) is 24.1 Å². The molecular weight excluding hydrogens is 448 g/mol. The van der Waals surface area contributed by atoms with Crippen molar-refractivity contribution in [1.29, 1.82) is 0 Å². The summed E-state index contributed by atoms with van der Waals surface area (Å²) in [4.78, 5) is 50.3. The highest BCUT2D eigenvalue weighted by Gasteiger charge is 2.22. The summed E-state index contributed by atoms with van der Waals surface area (Å²) in [5, 5.41) is 22.4. The van der Waals surface area contributed by atoms with E-state index < -0.39 is 42.4 Å². The summed E-state index contributed by atoms with van der Waals surface area (Å²) < 4.78 is 0. The van der Waals surface area contributed by atoms with Crippen molar-refractivity contribution in [3.05, 3.63) is 54.2 Å². The van der Waals surface area contributed by atoms with Gasteiger partial charge in [0.05, 0.1) is 5.69 Å². The molecule has 0 aliphatic carbocycles. The van der Waals surface area contributed by atoms with Gasteiger partial charge in [-0.2, -0.15) is 11.8 Å². The van der Waals surface area contributed by atoms with Crippen LogP contribution < -0.4 is 16.4 Å². The zero-order valence-corrected chi connectivity index (χ0v) is 18.6. The van der Waals surface area contributed by atoms with Crippen LogP contribution >= 0.6 is 11.8 Å². The van der Waals surface area contributed by atoms with Crippen LogP contribution in [0.25, 0.3) is 11.3 Å². The van der Waals surface area contributed by atoms with Gasteiger partial charge in [0.25, 0.3) is 0 Å². The molecule has 176 valence electrons. The normalized spacial score (nSPS) is 12.4. The summed E-state index contributed by atoms with van der Waals surface area (Å²) >= 11 is 1.39. The number of carbonyl (C=O) groups is 4. The van der Waals surface area contributed by atoms with Crippen molar-refractivity contribution in [3.8, 4) is 11.3 Å². The summed E-state index contributed by atoms with van der Waals surface area (Å²) in [5.41, 5.74) is 8.23. The van der Waals surface area contributed by atoms with Crippen LogP contribution in [0.5, 0.6) is 0 Å². The fourth-order valence-corrected chi connectivity index (χ4v) is 3.76.